The number of esters is 1. The molecule has 1 aliphatic rings. The molecule has 2 aromatic carbocycles. The van der Waals surface area contributed by atoms with E-state index >= 15 is 0 Å². The molecule has 0 saturated carbocycles. The summed E-state index contributed by atoms with van der Waals surface area (Å²) in [7, 11) is -2.62. The van der Waals surface area contributed by atoms with Gasteiger partial charge in [-0.2, -0.15) is 0 Å². The van der Waals surface area contributed by atoms with E-state index in [2.05, 4.69) is 0 Å². The van der Waals surface area contributed by atoms with Gasteiger partial charge in [-0.25, -0.2) is 12.4 Å². The Morgan fingerprint density at radius 2 is 1.84 bits per heavy atom. The molecule has 0 aliphatic carbocycles. The summed E-state index contributed by atoms with van der Waals surface area (Å²) in [6.45, 7) is 3.62. The molecule has 1 aromatic heterocycles. The van der Waals surface area contributed by atoms with Crippen LogP contribution < -0.4 is 0 Å². The molecule has 1 amide bonds. The predicted octanol–water partition coefficient (Wildman–Crippen LogP) is 3.67. The van der Waals surface area contributed by atoms with Gasteiger partial charge in [-0.05, 0) is 30.7 Å². The number of aromatic nitrogens is 1. The summed E-state index contributed by atoms with van der Waals surface area (Å²) in [6, 6.07) is 11.4. The molecule has 0 fully saturated rings. The van der Waals surface area contributed by atoms with Gasteiger partial charge in [0.05, 0.1) is 30.0 Å². The van der Waals surface area contributed by atoms with Crippen molar-refractivity contribution in [2.45, 2.75) is 31.2 Å². The number of nitrogens with zero attached hydrogens (tertiary/aromatic N) is 2. The van der Waals surface area contributed by atoms with Crippen molar-refractivity contribution in [3.8, 4) is 0 Å². The molecule has 1 aliphatic heterocycles. The Hall–Kier alpha value is -3.39. The van der Waals surface area contributed by atoms with Gasteiger partial charge in [-0.3, -0.25) is 9.59 Å². The van der Waals surface area contributed by atoms with E-state index in [0.29, 0.717) is 23.0 Å². The molecule has 0 N–H and O–H groups in total. The molecule has 2 heterocycles. The maximum Gasteiger partial charge on any atom is 0.307 e. The van der Waals surface area contributed by atoms with Crippen LogP contribution >= 0.6 is 0 Å². The molecule has 3 aromatic rings. The molecule has 8 heteroatoms. The Balaban J connectivity index is 2.00. The van der Waals surface area contributed by atoms with Crippen LogP contribution in [0.25, 0.3) is 17.0 Å². The number of ether oxygens (including phenoxy) is 1. The number of benzene rings is 2. The summed E-state index contributed by atoms with van der Waals surface area (Å²) >= 11 is 0. The number of amides is 1. The zero-order valence-electron chi connectivity index (χ0n) is 18.1. The highest BCUT2D eigenvalue weighted by Gasteiger charge is 2.32. The summed E-state index contributed by atoms with van der Waals surface area (Å²) in [4.78, 5) is 26.4. The molecule has 0 unspecified atom stereocenters. The highest BCUT2D eigenvalue weighted by atomic mass is 32.2. The third-order valence-electron chi connectivity index (χ3n) is 5.76. The van der Waals surface area contributed by atoms with Gasteiger partial charge in [0.2, 0.25) is 5.91 Å². The fourth-order valence-corrected chi connectivity index (χ4v) is 5.50. The van der Waals surface area contributed by atoms with Crippen LogP contribution in [0.2, 0.25) is 0 Å². The Kier molecular flexibility index (Phi) is 5.64. The lowest BCUT2D eigenvalue weighted by Crippen LogP contribution is -2.35. The van der Waals surface area contributed by atoms with Gasteiger partial charge in [-0.1, -0.05) is 42.0 Å². The summed E-state index contributed by atoms with van der Waals surface area (Å²) in [5.74, 6) is -0.698. The lowest BCUT2D eigenvalue weighted by Gasteiger charge is -2.30. The van der Waals surface area contributed by atoms with Crippen molar-refractivity contribution < 1.29 is 22.7 Å². The van der Waals surface area contributed by atoms with Crippen molar-refractivity contribution in [1.82, 2.24) is 8.87 Å². The molecular weight excluding hydrogens is 428 g/mol. The highest BCUT2D eigenvalue weighted by molar-refractivity contribution is 7.90. The van der Waals surface area contributed by atoms with Crippen LogP contribution in [0.15, 0.2) is 59.6 Å². The first kappa shape index (κ1) is 21.8. The van der Waals surface area contributed by atoms with Gasteiger partial charge in [0.1, 0.15) is 0 Å². The number of rotatable bonds is 4. The Morgan fingerprint density at radius 3 is 2.50 bits per heavy atom. The van der Waals surface area contributed by atoms with E-state index in [4.69, 9.17) is 4.74 Å². The minimum atomic E-state index is -3.91. The maximum absolute atomic E-state index is 13.6. The maximum atomic E-state index is 13.6. The summed E-state index contributed by atoms with van der Waals surface area (Å²) in [6.07, 6.45) is 5.17. The molecule has 0 radical (unpaired) electrons. The number of aryl methyl sites for hydroxylation is 1. The Morgan fingerprint density at radius 1 is 1.12 bits per heavy atom. The minimum absolute atomic E-state index is 0.0814. The molecule has 32 heavy (non-hydrogen) atoms. The van der Waals surface area contributed by atoms with Crippen molar-refractivity contribution in [1.29, 1.82) is 0 Å². The first-order valence-corrected chi connectivity index (χ1v) is 11.6. The predicted molar refractivity (Wildman–Crippen MR) is 121 cm³/mol. The van der Waals surface area contributed by atoms with Gasteiger partial charge in [0.25, 0.3) is 10.0 Å². The number of carbonyl (C=O) groups is 2. The van der Waals surface area contributed by atoms with Gasteiger partial charge in [0.15, 0.2) is 0 Å². The second-order valence-electron chi connectivity index (χ2n) is 7.81. The summed E-state index contributed by atoms with van der Waals surface area (Å²) in [5, 5.41) is 0.694. The molecule has 166 valence electrons. The average Bonchev–Trinajstić information content (AvgIpc) is 3.15. The minimum Gasteiger partial charge on any atom is -0.469 e. The Bertz CT molecular complexity index is 1340. The van der Waals surface area contributed by atoms with Crippen LogP contribution in [0.4, 0.5) is 0 Å². The SMILES string of the molecule is COC(=O)C[C@@H]1c2cn(S(=O)(=O)c3ccc(C)cc3)c3cccc(c23)/C=C\CN1C(C)=O. The number of carbonyl (C=O) groups excluding carboxylic acids is 2. The van der Waals surface area contributed by atoms with E-state index in [9.17, 15) is 18.0 Å². The average molecular weight is 453 g/mol. The molecule has 7 nitrogen and oxygen atoms in total. The van der Waals surface area contributed by atoms with Gasteiger partial charge < -0.3 is 9.64 Å². The van der Waals surface area contributed by atoms with Gasteiger partial charge in [0, 0.05) is 30.6 Å². The van der Waals surface area contributed by atoms with E-state index in [1.807, 2.05) is 25.1 Å². The zero-order chi connectivity index (χ0) is 23.0. The number of methoxy groups -OCH3 is 1. The zero-order valence-corrected chi connectivity index (χ0v) is 18.9. The van der Waals surface area contributed by atoms with Gasteiger partial charge in [-0.15, -0.1) is 0 Å². The van der Waals surface area contributed by atoms with E-state index in [-0.39, 0.29) is 17.2 Å². The van der Waals surface area contributed by atoms with E-state index in [1.54, 1.807) is 41.3 Å². The number of hydrogen-bond donors (Lipinski definition) is 0. The highest BCUT2D eigenvalue weighted by Crippen LogP contribution is 2.38. The van der Waals surface area contributed by atoms with Crippen molar-refractivity contribution in [3.63, 3.8) is 0 Å². The fraction of sp³-hybridized carbons (Fsp3) is 0.250. The first-order chi connectivity index (χ1) is 15.2. The van der Waals surface area contributed by atoms with Crippen LogP contribution in [-0.4, -0.2) is 42.8 Å². The lowest BCUT2D eigenvalue weighted by molar-refractivity contribution is -0.143. The third-order valence-corrected chi connectivity index (χ3v) is 7.45. The van der Waals surface area contributed by atoms with Crippen molar-refractivity contribution in [2.24, 2.45) is 0 Å². The molecule has 4 rings (SSSR count). The topological polar surface area (TPSA) is 85.7 Å². The summed E-state index contributed by atoms with van der Waals surface area (Å²) in [5.41, 5.74) is 2.86. The van der Waals surface area contributed by atoms with Crippen LogP contribution in [0.3, 0.4) is 0 Å². The molecule has 0 bridgehead atoms. The molecule has 0 spiro atoms. The van der Waals surface area contributed by atoms with Crippen molar-refractivity contribution in [2.75, 3.05) is 13.7 Å². The van der Waals surface area contributed by atoms with E-state index in [0.717, 1.165) is 11.1 Å². The van der Waals surface area contributed by atoms with Crippen LogP contribution in [0.5, 0.6) is 0 Å². The standard InChI is InChI=1S/C24H24N2O5S/c1-16-9-11-19(12-10-16)32(29,30)26-15-20-22(14-23(28)31-3)25(17(2)27)13-5-7-18-6-4-8-21(26)24(18)20/h4-12,15,22H,13-14H2,1-3H3/b7-5-/t22-/m1/s1. The van der Waals surface area contributed by atoms with Crippen LogP contribution in [0.1, 0.15) is 36.1 Å². The first-order valence-electron chi connectivity index (χ1n) is 10.2. The van der Waals surface area contributed by atoms with Crippen molar-refractivity contribution in [3.05, 3.63) is 71.4 Å². The van der Waals surface area contributed by atoms with E-state index < -0.39 is 22.0 Å². The second kappa shape index (κ2) is 8.27. The monoisotopic (exact) mass is 452 g/mol. The van der Waals surface area contributed by atoms with Gasteiger partial charge >= 0.3 is 5.97 Å². The second-order valence-corrected chi connectivity index (χ2v) is 9.62. The third kappa shape index (κ3) is 3.71. The largest absolute Gasteiger partial charge is 0.469 e. The quantitative estimate of drug-likeness (QED) is 0.564. The lowest BCUT2D eigenvalue weighted by atomic mass is 9.96. The molecular formula is C24H24N2O5S. The summed E-state index contributed by atoms with van der Waals surface area (Å²) < 4.78 is 33.2. The molecule has 0 saturated heterocycles. The normalized spacial score (nSPS) is 17.0. The van der Waals surface area contributed by atoms with E-state index in [1.165, 1.54) is 24.2 Å². The van der Waals surface area contributed by atoms with Crippen molar-refractivity contribution >= 4 is 38.9 Å². The smallest absolute Gasteiger partial charge is 0.307 e. The fourth-order valence-electron chi connectivity index (χ4n) is 4.13. The van der Waals surface area contributed by atoms with Crippen LogP contribution in [-0.2, 0) is 24.3 Å². The number of hydrogen-bond acceptors (Lipinski definition) is 5. The molecule has 1 atom stereocenters. The van der Waals surface area contributed by atoms with Crippen LogP contribution in [0, 0.1) is 6.92 Å². The Labute approximate surface area is 187 Å².